The molecule has 1 heterocycles. The topological polar surface area (TPSA) is 27.1 Å². The normalized spacial score (nSPS) is 10.6. The van der Waals surface area contributed by atoms with Crippen molar-refractivity contribution in [3.8, 4) is 22.7 Å². The van der Waals surface area contributed by atoms with Gasteiger partial charge in [0.1, 0.15) is 10.9 Å². The van der Waals surface area contributed by atoms with Gasteiger partial charge in [0.15, 0.2) is 0 Å². The molecule has 0 saturated heterocycles. The third-order valence-corrected chi connectivity index (χ3v) is 3.40. The highest BCUT2D eigenvalue weighted by molar-refractivity contribution is 6.30. The Kier molecular flexibility index (Phi) is 3.93. The molecular formula is C17H15ClN2O. The molecule has 1 aromatic heterocycles. The van der Waals surface area contributed by atoms with Crippen molar-refractivity contribution in [2.24, 2.45) is 0 Å². The molecule has 21 heavy (non-hydrogen) atoms. The average molecular weight is 299 g/mol. The molecule has 0 unspecified atom stereocenters. The highest BCUT2D eigenvalue weighted by Crippen LogP contribution is 2.25. The van der Waals surface area contributed by atoms with E-state index in [1.807, 2.05) is 67.6 Å². The zero-order valence-electron chi connectivity index (χ0n) is 11.7. The molecule has 0 aliphatic heterocycles. The third-order valence-electron chi connectivity index (χ3n) is 3.13. The monoisotopic (exact) mass is 298 g/mol. The van der Waals surface area contributed by atoms with E-state index in [1.165, 1.54) is 0 Å². The molecule has 0 spiro atoms. The van der Waals surface area contributed by atoms with Gasteiger partial charge in [-0.1, -0.05) is 41.9 Å². The van der Waals surface area contributed by atoms with Crippen molar-refractivity contribution < 1.29 is 4.74 Å². The van der Waals surface area contributed by atoms with Crippen LogP contribution in [0, 0.1) is 0 Å². The van der Waals surface area contributed by atoms with Crippen molar-refractivity contribution in [1.82, 2.24) is 9.78 Å². The predicted molar refractivity (Wildman–Crippen MR) is 85.2 cm³/mol. The Labute approximate surface area is 128 Å². The van der Waals surface area contributed by atoms with E-state index >= 15 is 0 Å². The molecule has 0 amide bonds. The molecule has 3 nitrogen and oxygen atoms in total. The van der Waals surface area contributed by atoms with E-state index in [-0.39, 0.29) is 0 Å². The first-order valence-corrected chi connectivity index (χ1v) is 7.20. The quantitative estimate of drug-likeness (QED) is 0.704. The van der Waals surface area contributed by atoms with E-state index in [0.717, 1.165) is 22.7 Å². The van der Waals surface area contributed by atoms with Gasteiger partial charge in [-0.05, 0) is 31.2 Å². The zero-order chi connectivity index (χ0) is 14.7. The Morgan fingerprint density at radius 3 is 2.43 bits per heavy atom. The van der Waals surface area contributed by atoms with E-state index in [0.29, 0.717) is 11.8 Å². The van der Waals surface area contributed by atoms with Crippen LogP contribution >= 0.6 is 11.6 Å². The van der Waals surface area contributed by atoms with Crippen LogP contribution in [0.2, 0.25) is 5.15 Å². The number of ether oxygens (including phenoxy) is 1. The molecule has 0 N–H and O–H groups in total. The van der Waals surface area contributed by atoms with Crippen LogP contribution in [0.25, 0.3) is 16.9 Å². The summed E-state index contributed by atoms with van der Waals surface area (Å²) < 4.78 is 7.16. The lowest BCUT2D eigenvalue weighted by atomic mass is 10.2. The fraction of sp³-hybridized carbons (Fsp3) is 0.118. The van der Waals surface area contributed by atoms with Crippen LogP contribution in [0.3, 0.4) is 0 Å². The van der Waals surface area contributed by atoms with E-state index < -0.39 is 0 Å². The molecule has 0 radical (unpaired) electrons. The minimum absolute atomic E-state index is 0.581. The maximum absolute atomic E-state index is 6.30. The smallest absolute Gasteiger partial charge is 0.133 e. The minimum Gasteiger partial charge on any atom is -0.494 e. The van der Waals surface area contributed by atoms with Gasteiger partial charge in [-0.15, -0.1) is 0 Å². The second kappa shape index (κ2) is 6.02. The highest BCUT2D eigenvalue weighted by Gasteiger charge is 2.09. The molecule has 3 rings (SSSR count). The van der Waals surface area contributed by atoms with Gasteiger partial charge >= 0.3 is 0 Å². The van der Waals surface area contributed by atoms with Crippen LogP contribution in [-0.2, 0) is 0 Å². The summed E-state index contributed by atoms with van der Waals surface area (Å²) in [7, 11) is 0. The van der Waals surface area contributed by atoms with Gasteiger partial charge in [0.25, 0.3) is 0 Å². The number of aromatic nitrogens is 2. The first kappa shape index (κ1) is 13.7. The Balaban J connectivity index is 1.94. The lowest BCUT2D eigenvalue weighted by molar-refractivity contribution is 0.340. The number of hydrogen-bond donors (Lipinski definition) is 0. The van der Waals surface area contributed by atoms with Gasteiger partial charge < -0.3 is 4.74 Å². The van der Waals surface area contributed by atoms with Crippen molar-refractivity contribution in [3.63, 3.8) is 0 Å². The van der Waals surface area contributed by atoms with Crippen LogP contribution in [0.4, 0.5) is 0 Å². The Morgan fingerprint density at radius 2 is 1.76 bits per heavy atom. The Morgan fingerprint density at radius 1 is 1.05 bits per heavy atom. The summed E-state index contributed by atoms with van der Waals surface area (Å²) in [6.45, 7) is 2.62. The summed E-state index contributed by atoms with van der Waals surface area (Å²) in [5, 5.41) is 5.15. The maximum Gasteiger partial charge on any atom is 0.133 e. The lowest BCUT2D eigenvalue weighted by Crippen LogP contribution is -1.97. The molecule has 0 bridgehead atoms. The molecule has 0 saturated carbocycles. The van der Waals surface area contributed by atoms with E-state index in [9.17, 15) is 0 Å². The van der Waals surface area contributed by atoms with Crippen LogP contribution < -0.4 is 4.74 Å². The second-order valence-electron chi connectivity index (χ2n) is 4.56. The molecule has 0 atom stereocenters. The third kappa shape index (κ3) is 2.93. The van der Waals surface area contributed by atoms with E-state index in [1.54, 1.807) is 4.68 Å². The molecule has 4 heteroatoms. The summed E-state index contributed by atoms with van der Waals surface area (Å²) in [6.07, 6.45) is 0. The van der Waals surface area contributed by atoms with Gasteiger partial charge in [0, 0.05) is 11.6 Å². The SMILES string of the molecule is CCOc1ccc(-n2nc(-c3ccccc3)cc2Cl)cc1. The zero-order valence-corrected chi connectivity index (χ0v) is 12.4. The van der Waals surface area contributed by atoms with Crippen molar-refractivity contribution in [2.45, 2.75) is 6.92 Å². The van der Waals surface area contributed by atoms with E-state index in [2.05, 4.69) is 5.10 Å². The minimum atomic E-state index is 0.581. The van der Waals surface area contributed by atoms with Gasteiger partial charge in [-0.2, -0.15) is 5.10 Å². The lowest BCUT2D eigenvalue weighted by Gasteiger charge is -2.06. The molecule has 0 aliphatic carbocycles. The molecule has 106 valence electrons. The number of halogens is 1. The van der Waals surface area contributed by atoms with Crippen molar-refractivity contribution in [2.75, 3.05) is 6.61 Å². The van der Waals surface area contributed by atoms with E-state index in [4.69, 9.17) is 16.3 Å². The molecule has 2 aromatic carbocycles. The largest absolute Gasteiger partial charge is 0.494 e. The number of hydrogen-bond acceptors (Lipinski definition) is 2. The fourth-order valence-corrected chi connectivity index (χ4v) is 2.38. The van der Waals surface area contributed by atoms with Crippen molar-refractivity contribution in [1.29, 1.82) is 0 Å². The Bertz CT molecular complexity index is 720. The molecule has 3 aromatic rings. The fourth-order valence-electron chi connectivity index (χ4n) is 2.14. The first-order valence-electron chi connectivity index (χ1n) is 6.82. The number of benzene rings is 2. The summed E-state index contributed by atoms with van der Waals surface area (Å²) in [6, 6.07) is 19.6. The Hall–Kier alpha value is -2.26. The number of rotatable bonds is 4. The predicted octanol–water partition coefficient (Wildman–Crippen LogP) is 4.59. The molecule has 0 fully saturated rings. The first-order chi connectivity index (χ1) is 10.3. The van der Waals surface area contributed by atoms with Gasteiger partial charge in [-0.3, -0.25) is 0 Å². The van der Waals surface area contributed by atoms with Gasteiger partial charge in [0.05, 0.1) is 18.0 Å². The van der Waals surface area contributed by atoms with Crippen LogP contribution in [0.1, 0.15) is 6.92 Å². The summed E-state index contributed by atoms with van der Waals surface area (Å²) >= 11 is 6.30. The highest BCUT2D eigenvalue weighted by atomic mass is 35.5. The maximum atomic E-state index is 6.30. The second-order valence-corrected chi connectivity index (χ2v) is 4.94. The summed E-state index contributed by atoms with van der Waals surface area (Å²) in [4.78, 5) is 0. The number of nitrogens with zero attached hydrogens (tertiary/aromatic N) is 2. The molecular weight excluding hydrogens is 284 g/mol. The van der Waals surface area contributed by atoms with Crippen LogP contribution in [0.5, 0.6) is 5.75 Å². The standard InChI is InChI=1S/C17H15ClN2O/c1-2-21-15-10-8-14(9-11-15)20-17(18)12-16(19-20)13-6-4-3-5-7-13/h3-12H,2H2,1H3. The van der Waals surface area contributed by atoms with Crippen LogP contribution in [-0.4, -0.2) is 16.4 Å². The van der Waals surface area contributed by atoms with Gasteiger partial charge in [0.2, 0.25) is 0 Å². The summed E-state index contributed by atoms with van der Waals surface area (Å²) in [5.74, 6) is 0.841. The van der Waals surface area contributed by atoms with Crippen LogP contribution in [0.15, 0.2) is 60.7 Å². The van der Waals surface area contributed by atoms with Gasteiger partial charge in [-0.25, -0.2) is 4.68 Å². The summed E-state index contributed by atoms with van der Waals surface area (Å²) in [5.41, 5.74) is 2.81. The molecule has 0 aliphatic rings. The average Bonchev–Trinajstić information content (AvgIpc) is 2.91. The van der Waals surface area contributed by atoms with Crippen molar-refractivity contribution in [3.05, 3.63) is 65.8 Å². The van der Waals surface area contributed by atoms with Crippen molar-refractivity contribution >= 4 is 11.6 Å².